The molecule has 0 bridgehead atoms. The minimum absolute atomic E-state index is 0.106. The van der Waals surface area contributed by atoms with Crippen LogP contribution in [-0.4, -0.2) is 57.1 Å². The number of imidazole rings is 1. The molecule has 0 saturated carbocycles. The van der Waals surface area contributed by atoms with Gasteiger partial charge in [-0.2, -0.15) is 0 Å². The van der Waals surface area contributed by atoms with E-state index in [9.17, 15) is 14.7 Å². The molecule has 3 rings (SSSR count). The molecule has 112 valence electrons. The van der Waals surface area contributed by atoms with E-state index in [0.29, 0.717) is 5.69 Å². The van der Waals surface area contributed by atoms with Crippen molar-refractivity contribution in [1.29, 1.82) is 0 Å². The molecule has 0 aliphatic carbocycles. The second-order valence-electron chi connectivity index (χ2n) is 4.98. The van der Waals surface area contributed by atoms with Crippen molar-refractivity contribution in [3.05, 3.63) is 23.5 Å². The van der Waals surface area contributed by atoms with Crippen LogP contribution in [0.25, 0.3) is 4.96 Å². The Morgan fingerprint density at radius 2 is 2.38 bits per heavy atom. The summed E-state index contributed by atoms with van der Waals surface area (Å²) in [6, 6.07) is -0.707. The fourth-order valence-corrected chi connectivity index (χ4v) is 3.29. The minimum atomic E-state index is -0.707. The molecule has 2 aromatic rings. The average molecular weight is 309 g/mol. The lowest BCUT2D eigenvalue weighted by molar-refractivity contribution is -0.150. The number of rotatable bonds is 3. The van der Waals surface area contributed by atoms with Crippen molar-refractivity contribution < 1.29 is 19.4 Å². The number of nitrogens with zero attached hydrogens (tertiary/aromatic N) is 3. The number of ether oxygens (including phenoxy) is 1. The third kappa shape index (κ3) is 2.64. The van der Waals surface area contributed by atoms with E-state index < -0.39 is 18.1 Å². The highest BCUT2D eigenvalue weighted by Gasteiger charge is 2.39. The molecule has 1 aliphatic rings. The van der Waals surface area contributed by atoms with Crippen LogP contribution in [0.3, 0.4) is 0 Å². The average Bonchev–Trinajstić information content (AvgIpc) is 3.11. The smallest absolute Gasteiger partial charge is 0.328 e. The molecule has 1 aliphatic heterocycles. The predicted octanol–water partition coefficient (Wildman–Crippen LogP) is 0.0731. The highest BCUT2D eigenvalue weighted by molar-refractivity contribution is 7.15. The summed E-state index contributed by atoms with van der Waals surface area (Å²) >= 11 is 1.49. The topological polar surface area (TPSA) is 84.1 Å². The van der Waals surface area contributed by atoms with Crippen molar-refractivity contribution in [2.45, 2.75) is 25.0 Å². The van der Waals surface area contributed by atoms with Gasteiger partial charge in [0, 0.05) is 30.7 Å². The highest BCUT2D eigenvalue weighted by Crippen LogP contribution is 2.21. The normalized spacial score (nSPS) is 21.9. The van der Waals surface area contributed by atoms with Gasteiger partial charge in [0.2, 0.25) is 5.91 Å². The van der Waals surface area contributed by atoms with Gasteiger partial charge in [0.1, 0.15) is 6.04 Å². The standard InChI is InChI=1S/C13H15N3O4S/c1-20-12(19)10-5-9(17)7-16(10)11(18)4-8-6-15-2-3-21-13(15)14-8/h2-3,6,9-10,17H,4-5,7H2,1H3. The summed E-state index contributed by atoms with van der Waals surface area (Å²) in [5.74, 6) is -0.724. The first-order chi connectivity index (χ1) is 10.1. The van der Waals surface area contributed by atoms with Crippen LogP contribution in [0.4, 0.5) is 0 Å². The Balaban J connectivity index is 1.74. The number of β-amino-alcohol motifs (C(OH)–C–C–N with tert-alkyl or cyclic N) is 1. The summed E-state index contributed by atoms with van der Waals surface area (Å²) in [4.78, 5) is 30.6. The van der Waals surface area contributed by atoms with Gasteiger partial charge in [-0.3, -0.25) is 9.20 Å². The quantitative estimate of drug-likeness (QED) is 0.811. The highest BCUT2D eigenvalue weighted by atomic mass is 32.1. The number of likely N-dealkylation sites (tertiary alicyclic amines) is 1. The maximum atomic E-state index is 12.4. The molecule has 2 unspecified atom stereocenters. The largest absolute Gasteiger partial charge is 0.467 e. The Hall–Kier alpha value is -1.93. The van der Waals surface area contributed by atoms with Crippen molar-refractivity contribution in [2.75, 3.05) is 13.7 Å². The third-order valence-corrected chi connectivity index (χ3v) is 4.32. The number of aliphatic hydroxyl groups excluding tert-OH is 1. The molecule has 3 heterocycles. The molecule has 1 amide bonds. The molecule has 8 heteroatoms. The number of thiazole rings is 1. The molecular formula is C13H15N3O4S. The van der Waals surface area contributed by atoms with Crippen LogP contribution in [0.2, 0.25) is 0 Å². The van der Waals surface area contributed by atoms with E-state index in [1.165, 1.54) is 23.3 Å². The fraction of sp³-hybridized carbons (Fsp3) is 0.462. The number of carbonyl (C=O) groups excluding carboxylic acids is 2. The SMILES string of the molecule is COC(=O)C1CC(O)CN1C(=O)Cc1cn2ccsc2n1. The second-order valence-corrected chi connectivity index (χ2v) is 5.85. The molecule has 0 aromatic carbocycles. The molecule has 21 heavy (non-hydrogen) atoms. The lowest BCUT2D eigenvalue weighted by Gasteiger charge is -2.21. The summed E-state index contributed by atoms with van der Waals surface area (Å²) in [7, 11) is 1.28. The van der Waals surface area contributed by atoms with E-state index in [1.807, 2.05) is 16.0 Å². The molecule has 1 N–H and O–H groups in total. The maximum absolute atomic E-state index is 12.4. The minimum Gasteiger partial charge on any atom is -0.467 e. The van der Waals surface area contributed by atoms with Gasteiger partial charge >= 0.3 is 5.97 Å². The Kier molecular flexibility index (Phi) is 3.64. The first-order valence-electron chi connectivity index (χ1n) is 6.55. The summed E-state index contributed by atoms with van der Waals surface area (Å²) < 4.78 is 6.54. The van der Waals surface area contributed by atoms with Crippen molar-refractivity contribution >= 4 is 28.2 Å². The number of fused-ring (bicyclic) bond motifs is 1. The third-order valence-electron chi connectivity index (χ3n) is 3.55. The van der Waals surface area contributed by atoms with Crippen LogP contribution in [0.5, 0.6) is 0 Å². The Morgan fingerprint density at radius 3 is 3.10 bits per heavy atom. The number of methoxy groups -OCH3 is 1. The first-order valence-corrected chi connectivity index (χ1v) is 7.43. The van der Waals surface area contributed by atoms with Gasteiger partial charge in [-0.1, -0.05) is 0 Å². The number of amides is 1. The van der Waals surface area contributed by atoms with E-state index in [-0.39, 0.29) is 25.3 Å². The Morgan fingerprint density at radius 1 is 1.57 bits per heavy atom. The number of hydrogen-bond donors (Lipinski definition) is 1. The molecular weight excluding hydrogens is 294 g/mol. The van der Waals surface area contributed by atoms with E-state index in [1.54, 1.807) is 6.20 Å². The number of esters is 1. The van der Waals surface area contributed by atoms with Crippen LogP contribution < -0.4 is 0 Å². The van der Waals surface area contributed by atoms with E-state index >= 15 is 0 Å². The van der Waals surface area contributed by atoms with Crippen molar-refractivity contribution in [2.24, 2.45) is 0 Å². The predicted molar refractivity (Wildman–Crippen MR) is 74.9 cm³/mol. The van der Waals surface area contributed by atoms with Crippen LogP contribution in [0, 0.1) is 0 Å². The van der Waals surface area contributed by atoms with Gasteiger partial charge in [-0.25, -0.2) is 9.78 Å². The summed E-state index contributed by atoms with van der Waals surface area (Å²) in [6.07, 6.45) is 3.30. The maximum Gasteiger partial charge on any atom is 0.328 e. The molecule has 1 fully saturated rings. The summed E-state index contributed by atoms with van der Waals surface area (Å²) in [6.45, 7) is 0.154. The van der Waals surface area contributed by atoms with Crippen molar-refractivity contribution in [3.63, 3.8) is 0 Å². The second kappa shape index (κ2) is 5.45. The number of aliphatic hydroxyl groups is 1. The van der Waals surface area contributed by atoms with Gasteiger partial charge in [-0.15, -0.1) is 11.3 Å². The monoisotopic (exact) mass is 309 g/mol. The number of carbonyl (C=O) groups is 2. The van der Waals surface area contributed by atoms with Gasteiger partial charge in [0.25, 0.3) is 0 Å². The molecule has 7 nitrogen and oxygen atoms in total. The zero-order valence-electron chi connectivity index (χ0n) is 11.4. The van der Waals surface area contributed by atoms with Crippen molar-refractivity contribution in [3.8, 4) is 0 Å². The summed E-state index contributed by atoms with van der Waals surface area (Å²) in [5.41, 5.74) is 0.650. The van der Waals surface area contributed by atoms with Crippen molar-refractivity contribution in [1.82, 2.24) is 14.3 Å². The Bertz CT molecular complexity index is 651. The van der Waals surface area contributed by atoms with Crippen LogP contribution in [0.15, 0.2) is 17.8 Å². The summed E-state index contributed by atoms with van der Waals surface area (Å²) in [5, 5.41) is 11.6. The van der Waals surface area contributed by atoms with Crippen LogP contribution in [-0.2, 0) is 20.7 Å². The molecule has 0 spiro atoms. The van der Waals surface area contributed by atoms with Gasteiger partial charge in [0.05, 0.1) is 25.3 Å². The van der Waals surface area contributed by atoms with E-state index in [2.05, 4.69) is 9.72 Å². The first kappa shape index (κ1) is 14.0. The lowest BCUT2D eigenvalue weighted by atomic mass is 10.2. The van der Waals surface area contributed by atoms with Gasteiger partial charge in [-0.05, 0) is 0 Å². The number of hydrogen-bond acceptors (Lipinski definition) is 6. The number of aromatic nitrogens is 2. The lowest BCUT2D eigenvalue weighted by Crippen LogP contribution is -2.42. The van der Waals surface area contributed by atoms with Crippen LogP contribution in [0.1, 0.15) is 12.1 Å². The van der Waals surface area contributed by atoms with Crippen LogP contribution >= 0.6 is 11.3 Å². The molecule has 1 saturated heterocycles. The van der Waals surface area contributed by atoms with Gasteiger partial charge < -0.3 is 14.7 Å². The molecule has 0 radical (unpaired) electrons. The van der Waals surface area contributed by atoms with E-state index in [0.717, 1.165) is 4.96 Å². The zero-order valence-corrected chi connectivity index (χ0v) is 12.2. The zero-order chi connectivity index (χ0) is 15.0. The fourth-order valence-electron chi connectivity index (χ4n) is 2.57. The molecule has 2 aromatic heterocycles. The van der Waals surface area contributed by atoms with Gasteiger partial charge in [0.15, 0.2) is 4.96 Å². The molecule has 2 atom stereocenters. The van der Waals surface area contributed by atoms with E-state index in [4.69, 9.17) is 0 Å². The Labute approximate surface area is 124 Å².